The highest BCUT2D eigenvalue weighted by Crippen LogP contribution is 2.05. The molecule has 0 amide bonds. The lowest BCUT2D eigenvalue weighted by Crippen LogP contribution is -1.92. The molecule has 6 heteroatoms. The average molecular weight is 252 g/mol. The molecule has 17 heavy (non-hydrogen) atoms. The van der Waals surface area contributed by atoms with E-state index < -0.39 is 0 Å². The Kier molecular flexibility index (Phi) is 26.4. The van der Waals surface area contributed by atoms with E-state index in [-0.39, 0.29) is 23.3 Å². The van der Waals surface area contributed by atoms with Crippen molar-refractivity contribution in [3.05, 3.63) is 17.2 Å². The van der Waals surface area contributed by atoms with Crippen molar-refractivity contribution < 1.29 is 11.0 Å². The Labute approximate surface area is 105 Å². The summed E-state index contributed by atoms with van der Waals surface area (Å²) in [6, 6.07) is 0. The van der Waals surface area contributed by atoms with Crippen LogP contribution in [0.1, 0.15) is 43.9 Å². The first-order valence-electron chi connectivity index (χ1n) is 5.01. The molecule has 0 radical (unpaired) electrons. The maximum Gasteiger partial charge on any atom is 0.105 e. The summed E-state index contributed by atoms with van der Waals surface area (Å²) in [5, 5.41) is 0. The second kappa shape index (κ2) is 15.0. The number of unbranched alkanes of at least 4 members (excludes halogenated alkanes) is 1. The molecule has 0 bridgehead atoms. The first-order chi connectivity index (χ1) is 6.04. The van der Waals surface area contributed by atoms with Crippen LogP contribution >= 0.6 is 0 Å². The fourth-order valence-corrected chi connectivity index (χ4v) is 0.884. The third-order valence-electron chi connectivity index (χ3n) is 2.34. The van der Waals surface area contributed by atoms with Gasteiger partial charge >= 0.3 is 0 Å². The molecule has 6 nitrogen and oxygen atoms in total. The molecule has 1 aromatic heterocycles. The first kappa shape index (κ1) is 29.8. The van der Waals surface area contributed by atoms with Gasteiger partial charge in [0.2, 0.25) is 0 Å². The lowest BCUT2D eigenvalue weighted by molar-refractivity contribution is 0.823. The maximum absolute atomic E-state index is 4.27. The number of aryl methyl sites for hydroxylation is 2. The van der Waals surface area contributed by atoms with Gasteiger partial charge in [0, 0.05) is 12.7 Å². The van der Waals surface area contributed by atoms with Crippen molar-refractivity contribution in [3.63, 3.8) is 0 Å². The van der Waals surface area contributed by atoms with Gasteiger partial charge in [-0.3, -0.25) is 0 Å². The summed E-state index contributed by atoms with van der Waals surface area (Å²) in [4.78, 5) is 4.27. The van der Waals surface area contributed by atoms with Crippen LogP contribution in [-0.2, 0) is 7.05 Å². The number of rotatable bonds is 1. The minimum atomic E-state index is 0. The molecule has 0 spiro atoms. The van der Waals surface area contributed by atoms with E-state index in [1.54, 1.807) is 0 Å². The summed E-state index contributed by atoms with van der Waals surface area (Å²) in [5.74, 6) is 1.09. The molecule has 1 aromatic rings. The number of imidazole rings is 1. The smallest absolute Gasteiger partial charge is 0.105 e. The fraction of sp³-hybridized carbons (Fsp3) is 0.727. The van der Waals surface area contributed by atoms with E-state index in [9.17, 15) is 0 Å². The van der Waals surface area contributed by atoms with E-state index in [1.807, 2.05) is 20.9 Å². The Morgan fingerprint density at radius 2 is 1.29 bits per heavy atom. The standard InChI is InChI=1S/C7H12N2.C4H10.2H3N.2H2O/c1-5-6(2)9(4)7(3)8-5;1-3-4-2;;;;/h1-4H3;3-4H2,1-2H3;2*1H3;2*1H2. The lowest BCUT2D eigenvalue weighted by atomic mass is 10.4. The zero-order valence-corrected chi connectivity index (χ0v) is 12.2. The summed E-state index contributed by atoms with van der Waals surface area (Å²) < 4.78 is 2.09. The van der Waals surface area contributed by atoms with E-state index in [0.29, 0.717) is 0 Å². The van der Waals surface area contributed by atoms with Crippen molar-refractivity contribution in [2.45, 2.75) is 47.5 Å². The molecule has 0 aromatic carbocycles. The van der Waals surface area contributed by atoms with Gasteiger partial charge in [0.15, 0.2) is 0 Å². The highest BCUT2D eigenvalue weighted by Gasteiger charge is 2.00. The molecule has 0 aliphatic rings. The highest BCUT2D eigenvalue weighted by molar-refractivity contribution is 5.12. The molecular weight excluding hydrogens is 220 g/mol. The number of hydrogen-bond donors (Lipinski definition) is 2. The quantitative estimate of drug-likeness (QED) is 0.784. The van der Waals surface area contributed by atoms with Crippen LogP contribution in [0.25, 0.3) is 0 Å². The van der Waals surface area contributed by atoms with Gasteiger partial charge in [-0.05, 0) is 20.8 Å². The van der Waals surface area contributed by atoms with Crippen LogP contribution in [0, 0.1) is 20.8 Å². The minimum Gasteiger partial charge on any atom is -0.412 e. The average Bonchev–Trinajstić information content (AvgIpc) is 2.34. The van der Waals surface area contributed by atoms with Crippen LogP contribution in [0.4, 0.5) is 0 Å². The summed E-state index contributed by atoms with van der Waals surface area (Å²) in [7, 11) is 2.03. The Morgan fingerprint density at radius 3 is 1.35 bits per heavy atom. The van der Waals surface area contributed by atoms with Gasteiger partial charge < -0.3 is 27.8 Å². The second-order valence-corrected chi connectivity index (χ2v) is 3.39. The monoisotopic (exact) mass is 252 g/mol. The summed E-state index contributed by atoms with van der Waals surface area (Å²) in [5.41, 5.74) is 2.39. The zero-order chi connectivity index (χ0) is 10.4. The Bertz CT molecular complexity index is 238. The van der Waals surface area contributed by atoms with Gasteiger partial charge in [0.05, 0.1) is 5.69 Å². The molecule has 0 saturated heterocycles. The topological polar surface area (TPSA) is 151 Å². The van der Waals surface area contributed by atoms with Crippen LogP contribution in [0.15, 0.2) is 0 Å². The largest absolute Gasteiger partial charge is 0.412 e. The van der Waals surface area contributed by atoms with Crippen LogP contribution in [0.3, 0.4) is 0 Å². The molecule has 0 fully saturated rings. The Morgan fingerprint density at radius 1 is 0.941 bits per heavy atom. The van der Waals surface area contributed by atoms with Gasteiger partial charge in [-0.2, -0.15) is 0 Å². The van der Waals surface area contributed by atoms with Crippen molar-refractivity contribution in [3.8, 4) is 0 Å². The minimum absolute atomic E-state index is 0. The van der Waals surface area contributed by atoms with Crippen LogP contribution < -0.4 is 12.3 Å². The molecule has 1 heterocycles. The predicted molar refractivity (Wildman–Crippen MR) is 75.3 cm³/mol. The van der Waals surface area contributed by atoms with Gasteiger partial charge in [0.1, 0.15) is 5.82 Å². The Balaban J connectivity index is -0.0000000542. The molecule has 108 valence electrons. The van der Waals surface area contributed by atoms with E-state index in [1.165, 1.54) is 18.5 Å². The molecular formula is C11H32N4O2. The van der Waals surface area contributed by atoms with Gasteiger partial charge in [-0.1, -0.05) is 26.7 Å². The summed E-state index contributed by atoms with van der Waals surface area (Å²) >= 11 is 0. The molecule has 0 saturated carbocycles. The normalized spacial score (nSPS) is 7.18. The number of aromatic nitrogens is 2. The molecule has 1 rings (SSSR count). The van der Waals surface area contributed by atoms with E-state index in [2.05, 4.69) is 30.3 Å². The Hall–Kier alpha value is -0.950. The second-order valence-electron chi connectivity index (χ2n) is 3.39. The molecule has 0 aliphatic carbocycles. The van der Waals surface area contributed by atoms with Crippen molar-refractivity contribution in [1.29, 1.82) is 0 Å². The van der Waals surface area contributed by atoms with E-state index >= 15 is 0 Å². The summed E-state index contributed by atoms with van der Waals surface area (Å²) in [6.07, 6.45) is 2.64. The highest BCUT2D eigenvalue weighted by atomic mass is 16.0. The third-order valence-corrected chi connectivity index (χ3v) is 2.34. The molecule has 0 atom stereocenters. The van der Waals surface area contributed by atoms with Crippen LogP contribution in [0.5, 0.6) is 0 Å². The molecule has 0 unspecified atom stereocenters. The zero-order valence-electron chi connectivity index (χ0n) is 12.2. The van der Waals surface area contributed by atoms with Crippen LogP contribution in [0.2, 0.25) is 0 Å². The van der Waals surface area contributed by atoms with Crippen LogP contribution in [-0.4, -0.2) is 20.5 Å². The van der Waals surface area contributed by atoms with Gasteiger partial charge in [-0.15, -0.1) is 0 Å². The third kappa shape index (κ3) is 9.95. The van der Waals surface area contributed by atoms with Crippen molar-refractivity contribution in [1.82, 2.24) is 21.9 Å². The number of nitrogens with zero attached hydrogens (tertiary/aromatic N) is 2. The maximum atomic E-state index is 4.27. The molecule has 0 aliphatic heterocycles. The molecule has 10 N–H and O–H groups in total. The fourth-order valence-electron chi connectivity index (χ4n) is 0.884. The van der Waals surface area contributed by atoms with E-state index in [4.69, 9.17) is 0 Å². The predicted octanol–water partition coefficient (Wildman–Crippen LogP) is 1.83. The summed E-state index contributed by atoms with van der Waals surface area (Å²) in [6.45, 7) is 10.5. The van der Waals surface area contributed by atoms with Crippen molar-refractivity contribution in [2.75, 3.05) is 0 Å². The van der Waals surface area contributed by atoms with Gasteiger partial charge in [0.25, 0.3) is 0 Å². The van der Waals surface area contributed by atoms with Crippen molar-refractivity contribution in [2.24, 2.45) is 7.05 Å². The SMILES string of the molecule is CCCC.Cc1nc(C)n(C)c1C.N.N.O.O. The van der Waals surface area contributed by atoms with Gasteiger partial charge in [-0.25, -0.2) is 4.98 Å². The number of hydrogen-bond acceptors (Lipinski definition) is 3. The van der Waals surface area contributed by atoms with Crippen molar-refractivity contribution >= 4 is 0 Å². The lowest BCUT2D eigenvalue weighted by Gasteiger charge is -1.94. The van der Waals surface area contributed by atoms with E-state index in [0.717, 1.165) is 11.5 Å². The first-order valence-corrected chi connectivity index (χ1v) is 5.01.